The fraction of sp³-hybridized carbons (Fsp3) is 0.200. The van der Waals surface area contributed by atoms with Gasteiger partial charge in [0.1, 0.15) is 17.0 Å². The Kier molecular flexibility index (Phi) is 3.63. The maximum Gasteiger partial charge on any atom is 0.267 e. The fourth-order valence-electron chi connectivity index (χ4n) is 1.44. The zero-order valence-electron chi connectivity index (χ0n) is 10.1. The Balaban J connectivity index is 2.48. The molecule has 0 aliphatic rings. The first-order valence-electron chi connectivity index (χ1n) is 5.16. The molecular weight excluding hydrogens is 292 g/mol. The van der Waals surface area contributed by atoms with E-state index < -0.39 is 10.0 Å². The summed E-state index contributed by atoms with van der Waals surface area (Å²) in [5.74, 6) is 0.215. The van der Waals surface area contributed by atoms with Crippen LogP contribution in [0.1, 0.15) is 5.56 Å². The van der Waals surface area contributed by atoms with Gasteiger partial charge in [0.15, 0.2) is 0 Å². The molecule has 7 nitrogen and oxygen atoms in total. The molecule has 0 amide bonds. The first-order valence-corrected chi connectivity index (χ1v) is 7.02. The SMILES string of the molecule is COc1cc(C)c(Cl)cc1S(=O)(=O)Nc1ncn[nH]1. The lowest BCUT2D eigenvalue weighted by atomic mass is 10.2. The molecule has 1 aromatic carbocycles. The van der Waals surface area contributed by atoms with Crippen molar-refractivity contribution in [3.63, 3.8) is 0 Å². The quantitative estimate of drug-likeness (QED) is 0.893. The number of anilines is 1. The summed E-state index contributed by atoms with van der Waals surface area (Å²) in [7, 11) is -2.47. The van der Waals surface area contributed by atoms with Crippen molar-refractivity contribution < 1.29 is 13.2 Å². The minimum absolute atomic E-state index is 0.0127. The summed E-state index contributed by atoms with van der Waals surface area (Å²) in [4.78, 5) is 3.62. The summed E-state index contributed by atoms with van der Waals surface area (Å²) in [5, 5.41) is 6.29. The van der Waals surface area contributed by atoms with E-state index in [1.165, 1.54) is 19.5 Å². The standard InChI is InChI=1S/C10H11ClN4O3S/c1-6-3-8(18-2)9(4-7(6)11)19(16,17)15-10-12-5-13-14-10/h3-5H,1-2H3,(H2,12,13,14,15). The van der Waals surface area contributed by atoms with Crippen molar-refractivity contribution in [3.8, 4) is 5.75 Å². The highest BCUT2D eigenvalue weighted by atomic mass is 35.5. The highest BCUT2D eigenvalue weighted by Gasteiger charge is 2.22. The lowest BCUT2D eigenvalue weighted by molar-refractivity contribution is 0.402. The molecule has 0 fully saturated rings. The number of nitrogens with zero attached hydrogens (tertiary/aromatic N) is 2. The number of halogens is 1. The average Bonchev–Trinajstić information content (AvgIpc) is 2.84. The average molecular weight is 303 g/mol. The fourth-order valence-corrected chi connectivity index (χ4v) is 2.81. The Labute approximate surface area is 115 Å². The van der Waals surface area contributed by atoms with E-state index in [9.17, 15) is 8.42 Å². The van der Waals surface area contributed by atoms with Crippen LogP contribution >= 0.6 is 11.6 Å². The van der Waals surface area contributed by atoms with Crippen LogP contribution in [0.25, 0.3) is 0 Å². The van der Waals surface area contributed by atoms with Crippen molar-refractivity contribution in [2.75, 3.05) is 11.8 Å². The number of aromatic amines is 1. The molecule has 0 bridgehead atoms. The molecule has 2 rings (SSSR count). The second kappa shape index (κ2) is 5.06. The van der Waals surface area contributed by atoms with Crippen LogP contribution in [0.2, 0.25) is 5.02 Å². The van der Waals surface area contributed by atoms with Gasteiger partial charge in [-0.2, -0.15) is 10.1 Å². The second-order valence-corrected chi connectivity index (χ2v) is 5.75. The van der Waals surface area contributed by atoms with Gasteiger partial charge in [-0.15, -0.1) is 0 Å². The molecule has 0 unspecified atom stereocenters. The van der Waals surface area contributed by atoms with Crippen LogP contribution in [-0.4, -0.2) is 30.7 Å². The molecule has 2 aromatic rings. The van der Waals surface area contributed by atoms with E-state index in [0.717, 1.165) is 5.56 Å². The van der Waals surface area contributed by atoms with Crippen molar-refractivity contribution in [1.29, 1.82) is 0 Å². The van der Waals surface area contributed by atoms with Crippen molar-refractivity contribution in [1.82, 2.24) is 15.2 Å². The molecular formula is C10H11ClN4O3S. The third kappa shape index (κ3) is 2.79. The number of sulfonamides is 1. The van der Waals surface area contributed by atoms with E-state index in [4.69, 9.17) is 16.3 Å². The summed E-state index contributed by atoms with van der Waals surface area (Å²) in [6.07, 6.45) is 1.19. The Morgan fingerprint density at radius 2 is 2.16 bits per heavy atom. The van der Waals surface area contributed by atoms with Crippen LogP contribution in [0.3, 0.4) is 0 Å². The number of aromatic nitrogens is 3. The monoisotopic (exact) mass is 302 g/mol. The number of hydrogen-bond acceptors (Lipinski definition) is 5. The van der Waals surface area contributed by atoms with Gasteiger partial charge in [0.05, 0.1) is 7.11 Å². The minimum Gasteiger partial charge on any atom is -0.495 e. The van der Waals surface area contributed by atoms with E-state index in [1.54, 1.807) is 13.0 Å². The lowest BCUT2D eigenvalue weighted by Gasteiger charge is -2.11. The molecule has 19 heavy (non-hydrogen) atoms. The van der Waals surface area contributed by atoms with Gasteiger partial charge in [0, 0.05) is 5.02 Å². The topological polar surface area (TPSA) is 97.0 Å². The maximum absolute atomic E-state index is 12.2. The number of nitrogens with one attached hydrogen (secondary N) is 2. The van der Waals surface area contributed by atoms with Crippen LogP contribution in [0.15, 0.2) is 23.4 Å². The smallest absolute Gasteiger partial charge is 0.267 e. The van der Waals surface area contributed by atoms with E-state index in [-0.39, 0.29) is 16.6 Å². The lowest BCUT2D eigenvalue weighted by Crippen LogP contribution is -2.15. The Bertz CT molecular complexity index is 685. The number of benzene rings is 1. The van der Waals surface area contributed by atoms with Crippen LogP contribution in [-0.2, 0) is 10.0 Å². The van der Waals surface area contributed by atoms with Crippen LogP contribution in [0, 0.1) is 6.92 Å². The van der Waals surface area contributed by atoms with Gasteiger partial charge in [-0.1, -0.05) is 11.6 Å². The van der Waals surface area contributed by atoms with Gasteiger partial charge < -0.3 is 4.74 Å². The summed E-state index contributed by atoms with van der Waals surface area (Å²) >= 11 is 5.95. The highest BCUT2D eigenvalue weighted by Crippen LogP contribution is 2.30. The number of H-pyrrole nitrogens is 1. The summed E-state index contributed by atoms with van der Waals surface area (Å²) in [6, 6.07) is 2.88. The molecule has 9 heteroatoms. The Hall–Kier alpha value is -1.80. The van der Waals surface area contributed by atoms with Crippen molar-refractivity contribution in [2.45, 2.75) is 11.8 Å². The van der Waals surface area contributed by atoms with E-state index in [1.807, 2.05) is 0 Å². The predicted octanol–water partition coefficient (Wildman–Crippen LogP) is 1.58. The minimum atomic E-state index is -3.86. The predicted molar refractivity (Wildman–Crippen MR) is 69.9 cm³/mol. The van der Waals surface area contributed by atoms with Crippen molar-refractivity contribution in [2.24, 2.45) is 0 Å². The molecule has 0 saturated carbocycles. The molecule has 0 radical (unpaired) electrons. The first kappa shape index (κ1) is 13.6. The molecule has 1 aromatic heterocycles. The van der Waals surface area contributed by atoms with Crippen LogP contribution < -0.4 is 9.46 Å². The molecule has 0 atom stereocenters. The maximum atomic E-state index is 12.2. The molecule has 0 spiro atoms. The molecule has 102 valence electrons. The number of methoxy groups -OCH3 is 1. The number of aryl methyl sites for hydroxylation is 1. The number of rotatable bonds is 4. The van der Waals surface area contributed by atoms with Gasteiger partial charge in [-0.25, -0.2) is 18.2 Å². The number of hydrogen-bond donors (Lipinski definition) is 2. The zero-order chi connectivity index (χ0) is 14.0. The number of ether oxygens (including phenoxy) is 1. The molecule has 0 aliphatic carbocycles. The summed E-state index contributed by atoms with van der Waals surface area (Å²) in [5.41, 5.74) is 0.720. The molecule has 2 N–H and O–H groups in total. The van der Waals surface area contributed by atoms with Gasteiger partial charge >= 0.3 is 0 Å². The van der Waals surface area contributed by atoms with E-state index in [0.29, 0.717) is 5.02 Å². The highest BCUT2D eigenvalue weighted by molar-refractivity contribution is 7.92. The van der Waals surface area contributed by atoms with Crippen LogP contribution in [0.4, 0.5) is 5.95 Å². The third-order valence-corrected chi connectivity index (χ3v) is 4.15. The van der Waals surface area contributed by atoms with Gasteiger partial charge in [-0.05, 0) is 24.6 Å². The largest absolute Gasteiger partial charge is 0.495 e. The van der Waals surface area contributed by atoms with E-state index in [2.05, 4.69) is 19.9 Å². The molecule has 0 saturated heterocycles. The van der Waals surface area contributed by atoms with Gasteiger partial charge in [0.25, 0.3) is 10.0 Å². The Morgan fingerprint density at radius 3 is 2.74 bits per heavy atom. The van der Waals surface area contributed by atoms with Gasteiger partial charge in [0.2, 0.25) is 5.95 Å². The zero-order valence-corrected chi connectivity index (χ0v) is 11.7. The normalized spacial score (nSPS) is 11.3. The third-order valence-electron chi connectivity index (χ3n) is 2.38. The first-order chi connectivity index (χ1) is 8.94. The van der Waals surface area contributed by atoms with Gasteiger partial charge in [-0.3, -0.25) is 0 Å². The summed E-state index contributed by atoms with van der Waals surface area (Å²) < 4.78 is 31.7. The molecule has 0 aliphatic heterocycles. The second-order valence-electron chi connectivity index (χ2n) is 3.69. The Morgan fingerprint density at radius 1 is 1.42 bits per heavy atom. The summed E-state index contributed by atoms with van der Waals surface area (Å²) in [6.45, 7) is 1.76. The van der Waals surface area contributed by atoms with Crippen molar-refractivity contribution in [3.05, 3.63) is 29.0 Å². The van der Waals surface area contributed by atoms with Crippen LogP contribution in [0.5, 0.6) is 5.75 Å². The molecule has 1 heterocycles. The van der Waals surface area contributed by atoms with Crippen molar-refractivity contribution >= 4 is 27.6 Å². The van der Waals surface area contributed by atoms with E-state index >= 15 is 0 Å².